The standard InChI is InChI=1S/C20H21N5O6S2/c1-29-9-10-30-11-12-31-16-7-8-17-18(13-16)33(27,28)24(19(17)26)14-32-20-21-22-23-25(20)15-5-3-2-4-6-15/h2-8,13H,9-12,14H2,1H3. The number of methoxy groups -OCH3 is 1. The number of carbonyl (C=O) groups is 1. The normalized spacial score (nSPS) is 14.5. The lowest BCUT2D eigenvalue weighted by molar-refractivity contribution is 0.0544. The molecule has 4 rings (SSSR count). The molecule has 11 nitrogen and oxygen atoms in total. The van der Waals surface area contributed by atoms with E-state index in [4.69, 9.17) is 14.2 Å². The van der Waals surface area contributed by atoms with Gasteiger partial charge in [-0.25, -0.2) is 12.7 Å². The smallest absolute Gasteiger partial charge is 0.269 e. The first kappa shape index (κ1) is 23.2. The summed E-state index contributed by atoms with van der Waals surface area (Å²) in [5, 5.41) is 11.9. The summed E-state index contributed by atoms with van der Waals surface area (Å²) in [5.41, 5.74) is 0.818. The first-order valence-electron chi connectivity index (χ1n) is 9.89. The van der Waals surface area contributed by atoms with E-state index in [1.165, 1.54) is 16.8 Å². The molecule has 0 saturated carbocycles. The van der Waals surface area contributed by atoms with Crippen molar-refractivity contribution >= 4 is 27.7 Å². The molecule has 1 amide bonds. The number of thioether (sulfide) groups is 1. The average molecular weight is 492 g/mol. The minimum Gasteiger partial charge on any atom is -0.491 e. The molecule has 0 unspecified atom stereocenters. The highest BCUT2D eigenvalue weighted by Crippen LogP contribution is 2.35. The Morgan fingerprint density at radius 3 is 2.61 bits per heavy atom. The van der Waals surface area contributed by atoms with Crippen molar-refractivity contribution in [1.29, 1.82) is 0 Å². The topological polar surface area (TPSA) is 126 Å². The zero-order valence-electron chi connectivity index (χ0n) is 17.7. The third-order valence-corrected chi connectivity index (χ3v) is 7.49. The Morgan fingerprint density at radius 2 is 1.82 bits per heavy atom. The van der Waals surface area contributed by atoms with Crippen LogP contribution in [0.3, 0.4) is 0 Å². The predicted molar refractivity (Wildman–Crippen MR) is 118 cm³/mol. The molecule has 33 heavy (non-hydrogen) atoms. The van der Waals surface area contributed by atoms with Crippen molar-refractivity contribution in [3.05, 3.63) is 54.1 Å². The van der Waals surface area contributed by atoms with Crippen molar-refractivity contribution in [2.75, 3.05) is 39.4 Å². The van der Waals surface area contributed by atoms with Gasteiger partial charge in [-0.2, -0.15) is 4.68 Å². The number of ether oxygens (including phenoxy) is 3. The molecule has 0 radical (unpaired) electrons. The van der Waals surface area contributed by atoms with Crippen LogP contribution in [0.5, 0.6) is 5.75 Å². The molecule has 174 valence electrons. The molecule has 13 heteroatoms. The third-order valence-electron chi connectivity index (χ3n) is 4.66. The maximum Gasteiger partial charge on any atom is 0.269 e. The van der Waals surface area contributed by atoms with Gasteiger partial charge in [-0.15, -0.1) is 5.10 Å². The minimum absolute atomic E-state index is 0.0893. The van der Waals surface area contributed by atoms with Gasteiger partial charge >= 0.3 is 0 Å². The Morgan fingerprint density at radius 1 is 1.03 bits per heavy atom. The van der Waals surface area contributed by atoms with E-state index < -0.39 is 15.9 Å². The molecule has 0 spiro atoms. The summed E-state index contributed by atoms with van der Waals surface area (Å²) in [6, 6.07) is 13.5. The second-order valence-electron chi connectivity index (χ2n) is 6.75. The van der Waals surface area contributed by atoms with Crippen LogP contribution in [0, 0.1) is 0 Å². The average Bonchev–Trinajstić information content (AvgIpc) is 3.36. The number of hydrogen-bond donors (Lipinski definition) is 0. The monoisotopic (exact) mass is 491 g/mol. The van der Waals surface area contributed by atoms with Gasteiger partial charge in [0.05, 0.1) is 36.9 Å². The van der Waals surface area contributed by atoms with E-state index in [2.05, 4.69) is 15.5 Å². The summed E-state index contributed by atoms with van der Waals surface area (Å²) >= 11 is 1.04. The highest BCUT2D eigenvalue weighted by Gasteiger charge is 2.41. The Labute approximate surface area is 194 Å². The number of rotatable bonds is 11. The fourth-order valence-corrected chi connectivity index (χ4v) is 5.73. The molecule has 1 aliphatic rings. The van der Waals surface area contributed by atoms with Gasteiger partial charge < -0.3 is 14.2 Å². The fraction of sp³-hybridized carbons (Fsp3) is 0.300. The molecular formula is C20H21N5O6S2. The molecule has 2 aromatic carbocycles. The van der Waals surface area contributed by atoms with E-state index in [-0.39, 0.29) is 22.9 Å². The van der Waals surface area contributed by atoms with Crippen LogP contribution in [0.4, 0.5) is 0 Å². The van der Waals surface area contributed by atoms with E-state index in [9.17, 15) is 13.2 Å². The van der Waals surface area contributed by atoms with Gasteiger partial charge in [-0.1, -0.05) is 30.0 Å². The molecule has 3 aromatic rings. The van der Waals surface area contributed by atoms with Gasteiger partial charge in [0.25, 0.3) is 15.9 Å². The van der Waals surface area contributed by atoms with Crippen molar-refractivity contribution in [1.82, 2.24) is 24.5 Å². The molecule has 1 aromatic heterocycles. The minimum atomic E-state index is -4.03. The molecular weight excluding hydrogens is 470 g/mol. The van der Waals surface area contributed by atoms with Gasteiger partial charge in [-0.3, -0.25) is 4.79 Å². The van der Waals surface area contributed by atoms with Crippen molar-refractivity contribution < 1.29 is 27.4 Å². The Hall–Kier alpha value is -3.00. The number of fused-ring (bicyclic) bond motifs is 1. The van der Waals surface area contributed by atoms with Gasteiger partial charge in [0.2, 0.25) is 5.16 Å². The summed E-state index contributed by atoms with van der Waals surface area (Å²) in [6.45, 7) is 1.47. The lowest BCUT2D eigenvalue weighted by Crippen LogP contribution is -2.29. The Balaban J connectivity index is 1.43. The first-order valence-corrected chi connectivity index (χ1v) is 12.3. The number of benzene rings is 2. The Kier molecular flexibility index (Phi) is 7.23. The highest BCUT2D eigenvalue weighted by atomic mass is 32.2. The summed E-state index contributed by atoms with van der Waals surface area (Å²) in [7, 11) is -2.45. The van der Waals surface area contributed by atoms with Crippen molar-refractivity contribution in [3.63, 3.8) is 0 Å². The second kappa shape index (κ2) is 10.3. The molecule has 0 fully saturated rings. The number of sulfonamides is 1. The molecule has 0 aliphatic carbocycles. The fourth-order valence-electron chi connectivity index (χ4n) is 3.05. The maximum atomic E-state index is 13.0. The van der Waals surface area contributed by atoms with Crippen molar-refractivity contribution in [3.8, 4) is 11.4 Å². The summed E-state index contributed by atoms with van der Waals surface area (Å²) in [4.78, 5) is 12.7. The molecule has 0 N–H and O–H groups in total. The number of amides is 1. The van der Waals surface area contributed by atoms with Crippen LogP contribution in [0.1, 0.15) is 10.4 Å². The van der Waals surface area contributed by atoms with Crippen molar-refractivity contribution in [2.24, 2.45) is 0 Å². The number of carbonyl (C=O) groups excluding carboxylic acids is 1. The Bertz CT molecular complexity index is 1220. The number of hydrogen-bond acceptors (Lipinski definition) is 10. The van der Waals surface area contributed by atoms with Crippen LogP contribution >= 0.6 is 11.8 Å². The number of aromatic nitrogens is 4. The van der Waals surface area contributed by atoms with Crippen molar-refractivity contribution in [2.45, 2.75) is 10.1 Å². The zero-order chi connectivity index (χ0) is 23.3. The number of para-hydroxylation sites is 1. The van der Waals surface area contributed by atoms with Gasteiger partial charge in [-0.05, 0) is 34.7 Å². The van der Waals surface area contributed by atoms with Crippen LogP contribution in [0.2, 0.25) is 0 Å². The lowest BCUT2D eigenvalue weighted by atomic mass is 10.2. The van der Waals surface area contributed by atoms with E-state index in [1.54, 1.807) is 13.2 Å². The summed E-state index contributed by atoms with van der Waals surface area (Å²) < 4.78 is 44.2. The van der Waals surface area contributed by atoms with Crippen LogP contribution in [-0.4, -0.2) is 78.3 Å². The summed E-state index contributed by atoms with van der Waals surface area (Å²) in [5.74, 6) is -0.444. The van der Waals surface area contributed by atoms with Crippen LogP contribution < -0.4 is 4.74 Å². The highest BCUT2D eigenvalue weighted by molar-refractivity contribution is 8.00. The number of nitrogens with zero attached hydrogens (tertiary/aromatic N) is 5. The quantitative estimate of drug-likeness (QED) is 0.288. The SMILES string of the molecule is COCCOCCOc1ccc2c(c1)S(=O)(=O)N(CSc1nnnn1-c1ccccc1)C2=O. The molecule has 0 bridgehead atoms. The second-order valence-corrected chi connectivity index (χ2v) is 9.50. The molecule has 1 aliphatic heterocycles. The van der Waals surface area contributed by atoms with E-state index in [1.807, 2.05) is 30.3 Å². The third kappa shape index (κ3) is 5.00. The van der Waals surface area contributed by atoms with E-state index >= 15 is 0 Å². The van der Waals surface area contributed by atoms with Gasteiger partial charge in [0.1, 0.15) is 17.3 Å². The lowest BCUT2D eigenvalue weighted by Gasteiger charge is -2.14. The molecule has 0 atom stereocenters. The van der Waals surface area contributed by atoms with Gasteiger partial charge in [0.15, 0.2) is 0 Å². The van der Waals surface area contributed by atoms with E-state index in [0.717, 1.165) is 21.8 Å². The largest absolute Gasteiger partial charge is 0.491 e. The maximum absolute atomic E-state index is 13.0. The summed E-state index contributed by atoms with van der Waals surface area (Å²) in [6.07, 6.45) is 0. The molecule has 2 heterocycles. The molecule has 0 saturated heterocycles. The van der Waals surface area contributed by atoms with Gasteiger partial charge in [0, 0.05) is 13.2 Å². The number of tetrazole rings is 1. The van der Waals surface area contributed by atoms with Crippen LogP contribution in [0.25, 0.3) is 5.69 Å². The zero-order valence-corrected chi connectivity index (χ0v) is 19.3. The van der Waals surface area contributed by atoms with E-state index in [0.29, 0.717) is 30.7 Å². The first-order chi connectivity index (χ1) is 16.0. The van der Waals surface area contributed by atoms with Crippen LogP contribution in [0.15, 0.2) is 58.6 Å². The van der Waals surface area contributed by atoms with Crippen LogP contribution in [-0.2, 0) is 19.5 Å². The predicted octanol–water partition coefficient (Wildman–Crippen LogP) is 1.60.